The van der Waals surface area contributed by atoms with Crippen LogP contribution in [0, 0.1) is 5.92 Å². The Kier molecular flexibility index (Phi) is 5.37. The standard InChI is InChI=1S/C15H26N2OS/c1-10(2)8-12-14(9-16-11(3)4)19-15(17-12)13-6-5-7-18-13/h10-11,13,16H,5-9H2,1-4H3. The molecule has 4 heteroatoms. The van der Waals surface area contributed by atoms with Gasteiger partial charge in [0.25, 0.3) is 0 Å². The Morgan fingerprint density at radius 3 is 2.74 bits per heavy atom. The van der Waals surface area contributed by atoms with Gasteiger partial charge in [-0.3, -0.25) is 0 Å². The molecule has 0 spiro atoms. The van der Waals surface area contributed by atoms with Crippen LogP contribution in [-0.4, -0.2) is 17.6 Å². The molecule has 1 aromatic heterocycles. The molecule has 2 heterocycles. The molecule has 1 aromatic rings. The highest BCUT2D eigenvalue weighted by atomic mass is 32.1. The van der Waals surface area contributed by atoms with Crippen LogP contribution in [0.25, 0.3) is 0 Å². The Morgan fingerprint density at radius 2 is 2.16 bits per heavy atom. The normalized spacial score (nSPS) is 19.8. The number of nitrogens with zero attached hydrogens (tertiary/aromatic N) is 1. The first-order valence-corrected chi connectivity index (χ1v) is 8.21. The van der Waals surface area contributed by atoms with Crippen molar-refractivity contribution in [3.05, 3.63) is 15.6 Å². The molecule has 1 saturated heterocycles. The van der Waals surface area contributed by atoms with Gasteiger partial charge in [0.2, 0.25) is 0 Å². The predicted octanol–water partition coefficient (Wildman–Crippen LogP) is 3.69. The van der Waals surface area contributed by atoms with E-state index in [-0.39, 0.29) is 6.10 Å². The van der Waals surface area contributed by atoms with Gasteiger partial charge in [0.05, 0.1) is 5.69 Å². The highest BCUT2D eigenvalue weighted by molar-refractivity contribution is 7.11. The maximum absolute atomic E-state index is 5.77. The van der Waals surface area contributed by atoms with Crippen LogP contribution in [-0.2, 0) is 17.7 Å². The van der Waals surface area contributed by atoms with Crippen molar-refractivity contribution in [1.82, 2.24) is 10.3 Å². The van der Waals surface area contributed by atoms with E-state index in [2.05, 4.69) is 33.0 Å². The number of aromatic nitrogens is 1. The molecule has 2 rings (SSSR count). The van der Waals surface area contributed by atoms with E-state index in [9.17, 15) is 0 Å². The second-order valence-corrected chi connectivity index (χ2v) is 7.17. The highest BCUT2D eigenvalue weighted by Crippen LogP contribution is 2.33. The van der Waals surface area contributed by atoms with E-state index in [1.807, 2.05) is 11.3 Å². The summed E-state index contributed by atoms with van der Waals surface area (Å²) in [4.78, 5) is 6.26. The summed E-state index contributed by atoms with van der Waals surface area (Å²) >= 11 is 1.84. The Hall–Kier alpha value is -0.450. The van der Waals surface area contributed by atoms with Crippen LogP contribution in [0.2, 0.25) is 0 Å². The lowest BCUT2D eigenvalue weighted by Gasteiger charge is -2.08. The molecular weight excluding hydrogens is 256 g/mol. The largest absolute Gasteiger partial charge is 0.371 e. The first-order chi connectivity index (χ1) is 9.06. The first-order valence-electron chi connectivity index (χ1n) is 7.39. The van der Waals surface area contributed by atoms with Crippen LogP contribution in [0.4, 0.5) is 0 Å². The molecule has 1 unspecified atom stereocenters. The average molecular weight is 282 g/mol. The number of hydrogen-bond donors (Lipinski definition) is 1. The SMILES string of the molecule is CC(C)Cc1nc(C2CCCO2)sc1CNC(C)C. The van der Waals surface area contributed by atoms with Crippen LogP contribution in [0.1, 0.15) is 62.2 Å². The van der Waals surface area contributed by atoms with Crippen LogP contribution < -0.4 is 5.32 Å². The van der Waals surface area contributed by atoms with Crippen LogP contribution >= 0.6 is 11.3 Å². The zero-order valence-corrected chi connectivity index (χ0v) is 13.3. The molecule has 0 amide bonds. The van der Waals surface area contributed by atoms with Crippen molar-refractivity contribution >= 4 is 11.3 Å². The fourth-order valence-electron chi connectivity index (χ4n) is 2.29. The van der Waals surface area contributed by atoms with Gasteiger partial charge in [-0.15, -0.1) is 11.3 Å². The van der Waals surface area contributed by atoms with E-state index >= 15 is 0 Å². The first kappa shape index (κ1) is 14.9. The summed E-state index contributed by atoms with van der Waals surface area (Å²) in [5.41, 5.74) is 1.28. The van der Waals surface area contributed by atoms with Crippen molar-refractivity contribution in [2.75, 3.05) is 6.61 Å². The quantitative estimate of drug-likeness (QED) is 0.864. The molecule has 1 aliphatic rings. The Balaban J connectivity index is 2.12. The highest BCUT2D eigenvalue weighted by Gasteiger charge is 2.23. The second-order valence-electron chi connectivity index (χ2n) is 6.06. The van der Waals surface area contributed by atoms with Gasteiger partial charge in [0, 0.05) is 24.1 Å². The maximum atomic E-state index is 5.77. The van der Waals surface area contributed by atoms with Gasteiger partial charge in [-0.1, -0.05) is 27.7 Å². The van der Waals surface area contributed by atoms with Crippen molar-refractivity contribution in [2.45, 2.75) is 65.6 Å². The molecule has 1 atom stereocenters. The van der Waals surface area contributed by atoms with Crippen LogP contribution in [0.3, 0.4) is 0 Å². The van der Waals surface area contributed by atoms with Crippen LogP contribution in [0.15, 0.2) is 0 Å². The van der Waals surface area contributed by atoms with Gasteiger partial charge in [0.1, 0.15) is 11.1 Å². The summed E-state index contributed by atoms with van der Waals surface area (Å²) in [5.74, 6) is 0.650. The summed E-state index contributed by atoms with van der Waals surface area (Å²) in [7, 11) is 0. The molecule has 1 N–H and O–H groups in total. The summed E-state index contributed by atoms with van der Waals surface area (Å²) in [5, 5.41) is 4.70. The number of ether oxygens (including phenoxy) is 1. The van der Waals surface area contributed by atoms with E-state index in [1.54, 1.807) is 0 Å². The zero-order valence-electron chi connectivity index (χ0n) is 12.5. The second kappa shape index (κ2) is 6.82. The molecule has 1 fully saturated rings. The lowest BCUT2D eigenvalue weighted by atomic mass is 10.1. The van der Waals surface area contributed by atoms with E-state index < -0.39 is 0 Å². The molecule has 0 aliphatic carbocycles. The molecular formula is C15H26N2OS. The van der Waals surface area contributed by atoms with E-state index in [1.165, 1.54) is 22.0 Å². The Bertz CT molecular complexity index is 395. The summed E-state index contributed by atoms with van der Waals surface area (Å²) in [6.45, 7) is 10.7. The smallest absolute Gasteiger partial charge is 0.122 e. The molecule has 1 aliphatic heterocycles. The van der Waals surface area contributed by atoms with Crippen molar-refractivity contribution in [3.63, 3.8) is 0 Å². The number of nitrogens with one attached hydrogen (secondary N) is 1. The lowest BCUT2D eigenvalue weighted by Crippen LogP contribution is -2.22. The monoisotopic (exact) mass is 282 g/mol. The van der Waals surface area contributed by atoms with Gasteiger partial charge in [-0.2, -0.15) is 0 Å². The van der Waals surface area contributed by atoms with Gasteiger partial charge in [-0.25, -0.2) is 4.98 Å². The van der Waals surface area contributed by atoms with Gasteiger partial charge in [-0.05, 0) is 25.2 Å². The molecule has 3 nitrogen and oxygen atoms in total. The topological polar surface area (TPSA) is 34.1 Å². The number of rotatable bonds is 6. The molecule has 0 saturated carbocycles. The third-order valence-corrected chi connectivity index (χ3v) is 4.46. The minimum absolute atomic E-state index is 0.253. The lowest BCUT2D eigenvalue weighted by molar-refractivity contribution is 0.111. The van der Waals surface area contributed by atoms with Crippen molar-refractivity contribution < 1.29 is 4.74 Å². The zero-order chi connectivity index (χ0) is 13.8. The fourth-order valence-corrected chi connectivity index (χ4v) is 3.42. The van der Waals surface area contributed by atoms with Crippen molar-refractivity contribution in [1.29, 1.82) is 0 Å². The summed E-state index contributed by atoms with van der Waals surface area (Å²) in [6.07, 6.45) is 3.62. The summed E-state index contributed by atoms with van der Waals surface area (Å²) in [6, 6.07) is 0.514. The number of thiazole rings is 1. The predicted molar refractivity (Wildman–Crippen MR) is 80.6 cm³/mol. The molecule has 0 bridgehead atoms. The Morgan fingerprint density at radius 1 is 1.37 bits per heavy atom. The molecule has 19 heavy (non-hydrogen) atoms. The third kappa shape index (κ3) is 4.26. The van der Waals surface area contributed by atoms with Gasteiger partial charge >= 0.3 is 0 Å². The molecule has 0 aromatic carbocycles. The van der Waals surface area contributed by atoms with Gasteiger partial charge < -0.3 is 10.1 Å². The Labute approximate surface area is 120 Å². The average Bonchev–Trinajstić information content (AvgIpc) is 2.94. The van der Waals surface area contributed by atoms with E-state index in [4.69, 9.17) is 9.72 Å². The van der Waals surface area contributed by atoms with Gasteiger partial charge in [0.15, 0.2) is 0 Å². The minimum atomic E-state index is 0.253. The summed E-state index contributed by atoms with van der Waals surface area (Å²) < 4.78 is 5.77. The van der Waals surface area contributed by atoms with Crippen molar-refractivity contribution in [2.24, 2.45) is 5.92 Å². The van der Waals surface area contributed by atoms with Crippen molar-refractivity contribution in [3.8, 4) is 0 Å². The minimum Gasteiger partial charge on any atom is -0.371 e. The molecule has 108 valence electrons. The maximum Gasteiger partial charge on any atom is 0.122 e. The molecule has 0 radical (unpaired) electrons. The van der Waals surface area contributed by atoms with E-state index in [0.717, 1.165) is 26.0 Å². The fraction of sp³-hybridized carbons (Fsp3) is 0.800. The third-order valence-electron chi connectivity index (χ3n) is 3.27. The van der Waals surface area contributed by atoms with E-state index in [0.29, 0.717) is 12.0 Å². The number of hydrogen-bond acceptors (Lipinski definition) is 4. The van der Waals surface area contributed by atoms with Crippen LogP contribution in [0.5, 0.6) is 0 Å².